The molecule has 1 fully saturated rings. The molecular weight excluding hydrogens is 432 g/mol. The van der Waals surface area contributed by atoms with Crippen molar-refractivity contribution in [1.29, 1.82) is 0 Å². The Morgan fingerprint density at radius 3 is 2.69 bits per heavy atom. The largest absolute Gasteiger partial charge is 0.376 e. The lowest BCUT2D eigenvalue weighted by molar-refractivity contribution is 0.0849. The number of aromatic nitrogens is 3. The smallest absolute Gasteiger partial charge is 0.352 e. The fourth-order valence-electron chi connectivity index (χ4n) is 3.56. The van der Waals surface area contributed by atoms with Crippen molar-refractivity contribution >= 4 is 17.5 Å². The Bertz CT molecular complexity index is 1240. The van der Waals surface area contributed by atoms with Gasteiger partial charge in [-0.2, -0.15) is 9.78 Å². The Morgan fingerprint density at radius 1 is 1.22 bits per heavy atom. The zero-order valence-electron chi connectivity index (χ0n) is 17.6. The Balaban J connectivity index is 1.76. The van der Waals surface area contributed by atoms with Crippen LogP contribution < -0.4 is 16.6 Å². The van der Waals surface area contributed by atoms with E-state index in [-0.39, 0.29) is 24.9 Å². The highest BCUT2D eigenvalue weighted by Crippen LogP contribution is 2.12. The number of nitrogens with one attached hydrogen (secondary N) is 1. The number of amides is 1. The van der Waals surface area contributed by atoms with Gasteiger partial charge in [0.1, 0.15) is 0 Å². The Kier molecular flexibility index (Phi) is 6.53. The zero-order valence-corrected chi connectivity index (χ0v) is 18.3. The topological polar surface area (TPSA) is 95.2 Å². The maximum absolute atomic E-state index is 13.2. The third-order valence-corrected chi connectivity index (χ3v) is 5.53. The van der Waals surface area contributed by atoms with E-state index < -0.39 is 17.2 Å². The van der Waals surface area contributed by atoms with Crippen LogP contribution in [0.3, 0.4) is 0 Å². The van der Waals surface area contributed by atoms with Gasteiger partial charge in [0.15, 0.2) is 0 Å². The van der Waals surface area contributed by atoms with Gasteiger partial charge in [0.05, 0.1) is 18.3 Å². The molecule has 0 spiro atoms. The average molecular weight is 455 g/mol. The van der Waals surface area contributed by atoms with E-state index in [1.165, 1.54) is 0 Å². The number of hydrogen-bond acceptors (Lipinski definition) is 5. The van der Waals surface area contributed by atoms with Gasteiger partial charge in [0.25, 0.3) is 11.5 Å². The SMILES string of the molecule is Cc1ccc(-n2nc(C(=O)NC[C@H]3CCCO3)c(=O)n(Cc3cccc(Cl)c3)c2=O)cc1. The molecule has 2 heterocycles. The van der Waals surface area contributed by atoms with E-state index >= 15 is 0 Å². The van der Waals surface area contributed by atoms with E-state index in [0.29, 0.717) is 22.9 Å². The molecule has 4 rings (SSSR count). The van der Waals surface area contributed by atoms with Crippen LogP contribution in [0.1, 0.15) is 34.5 Å². The van der Waals surface area contributed by atoms with Crippen molar-refractivity contribution in [2.24, 2.45) is 0 Å². The van der Waals surface area contributed by atoms with E-state index in [4.69, 9.17) is 16.3 Å². The summed E-state index contributed by atoms with van der Waals surface area (Å²) in [7, 11) is 0. The number of carbonyl (C=O) groups excluding carboxylic acids is 1. The predicted molar refractivity (Wildman–Crippen MR) is 121 cm³/mol. The number of hydrogen-bond donors (Lipinski definition) is 1. The number of nitrogens with zero attached hydrogens (tertiary/aromatic N) is 3. The lowest BCUT2D eigenvalue weighted by atomic mass is 10.2. The first kappa shape index (κ1) is 22.0. The third kappa shape index (κ3) is 4.81. The van der Waals surface area contributed by atoms with E-state index in [1.54, 1.807) is 36.4 Å². The standard InChI is InChI=1S/C23H23ClN4O4/c1-15-7-9-18(10-8-15)28-23(31)27(14-16-4-2-5-17(24)12-16)22(30)20(26-28)21(29)25-13-19-6-3-11-32-19/h2,4-5,7-10,12,19H,3,6,11,13-14H2,1H3,(H,25,29)/t19-/m1/s1. The van der Waals surface area contributed by atoms with Gasteiger partial charge in [-0.25, -0.2) is 4.79 Å². The highest BCUT2D eigenvalue weighted by atomic mass is 35.5. The predicted octanol–water partition coefficient (Wildman–Crippen LogP) is 2.31. The molecular formula is C23H23ClN4O4. The molecule has 1 amide bonds. The minimum Gasteiger partial charge on any atom is -0.376 e. The van der Waals surface area contributed by atoms with Crippen molar-refractivity contribution in [2.75, 3.05) is 13.2 Å². The van der Waals surface area contributed by atoms with Crippen LogP contribution in [0, 0.1) is 6.92 Å². The van der Waals surface area contributed by atoms with Crippen molar-refractivity contribution in [3.8, 4) is 5.69 Å². The molecule has 1 N–H and O–H groups in total. The second kappa shape index (κ2) is 9.50. The van der Waals surface area contributed by atoms with E-state index in [2.05, 4.69) is 10.4 Å². The number of halogens is 1. The molecule has 9 heteroatoms. The molecule has 0 saturated carbocycles. The molecule has 3 aromatic rings. The quantitative estimate of drug-likeness (QED) is 0.616. The summed E-state index contributed by atoms with van der Waals surface area (Å²) in [6.45, 7) is 2.81. The van der Waals surface area contributed by atoms with Gasteiger partial charge in [0, 0.05) is 18.2 Å². The first-order valence-corrected chi connectivity index (χ1v) is 10.8. The van der Waals surface area contributed by atoms with Crippen molar-refractivity contribution in [3.63, 3.8) is 0 Å². The molecule has 0 unspecified atom stereocenters. The second-order valence-corrected chi connectivity index (χ2v) is 8.18. The summed E-state index contributed by atoms with van der Waals surface area (Å²) in [4.78, 5) is 39.2. The highest BCUT2D eigenvalue weighted by Gasteiger charge is 2.22. The van der Waals surface area contributed by atoms with Gasteiger partial charge in [-0.05, 0) is 49.6 Å². The van der Waals surface area contributed by atoms with Gasteiger partial charge < -0.3 is 10.1 Å². The van der Waals surface area contributed by atoms with Gasteiger partial charge in [-0.3, -0.25) is 14.2 Å². The Morgan fingerprint density at radius 2 is 2.00 bits per heavy atom. The van der Waals surface area contributed by atoms with Crippen molar-refractivity contribution in [3.05, 3.63) is 91.2 Å². The summed E-state index contributed by atoms with van der Waals surface area (Å²) in [6, 6.07) is 13.9. The van der Waals surface area contributed by atoms with Crippen LogP contribution in [0.2, 0.25) is 5.02 Å². The lowest BCUT2D eigenvalue weighted by Gasteiger charge is -2.14. The average Bonchev–Trinajstić information content (AvgIpc) is 3.30. The van der Waals surface area contributed by atoms with Crippen LogP contribution in [-0.4, -0.2) is 39.5 Å². The molecule has 0 aliphatic carbocycles. The monoisotopic (exact) mass is 454 g/mol. The molecule has 1 saturated heterocycles. The van der Waals surface area contributed by atoms with Crippen LogP contribution in [0.25, 0.3) is 5.69 Å². The molecule has 1 aromatic heterocycles. The van der Waals surface area contributed by atoms with E-state index in [9.17, 15) is 14.4 Å². The second-order valence-electron chi connectivity index (χ2n) is 7.74. The molecule has 1 aliphatic rings. The van der Waals surface area contributed by atoms with Gasteiger partial charge in [-0.15, -0.1) is 0 Å². The van der Waals surface area contributed by atoms with Crippen LogP contribution in [0.5, 0.6) is 0 Å². The first-order valence-electron chi connectivity index (χ1n) is 10.4. The number of benzene rings is 2. The molecule has 1 atom stereocenters. The van der Waals surface area contributed by atoms with Crippen LogP contribution in [0.15, 0.2) is 58.1 Å². The van der Waals surface area contributed by atoms with Crippen LogP contribution in [0.4, 0.5) is 0 Å². The van der Waals surface area contributed by atoms with E-state index in [1.807, 2.05) is 19.1 Å². The fraction of sp³-hybridized carbons (Fsp3) is 0.304. The number of aryl methyl sites for hydroxylation is 1. The molecule has 0 radical (unpaired) electrons. The molecule has 32 heavy (non-hydrogen) atoms. The maximum Gasteiger partial charge on any atom is 0.352 e. The van der Waals surface area contributed by atoms with Crippen molar-refractivity contribution in [1.82, 2.24) is 19.7 Å². The van der Waals surface area contributed by atoms with Gasteiger partial charge >= 0.3 is 5.69 Å². The minimum absolute atomic E-state index is 0.0430. The summed E-state index contributed by atoms with van der Waals surface area (Å²) in [5, 5.41) is 7.33. The first-order chi connectivity index (χ1) is 15.4. The summed E-state index contributed by atoms with van der Waals surface area (Å²) in [6.07, 6.45) is 1.69. The molecule has 2 aromatic carbocycles. The van der Waals surface area contributed by atoms with Crippen LogP contribution >= 0.6 is 11.6 Å². The van der Waals surface area contributed by atoms with Gasteiger partial charge in [0.2, 0.25) is 5.69 Å². The zero-order chi connectivity index (χ0) is 22.7. The molecule has 0 bridgehead atoms. The minimum atomic E-state index is -0.761. The number of rotatable bonds is 6. The lowest BCUT2D eigenvalue weighted by Crippen LogP contribution is -2.46. The normalized spacial score (nSPS) is 15.6. The highest BCUT2D eigenvalue weighted by molar-refractivity contribution is 6.30. The summed E-state index contributed by atoms with van der Waals surface area (Å²) < 4.78 is 7.60. The maximum atomic E-state index is 13.2. The van der Waals surface area contributed by atoms with Crippen molar-refractivity contribution in [2.45, 2.75) is 32.4 Å². The summed E-state index contributed by atoms with van der Waals surface area (Å²) in [5.41, 5.74) is 0.351. The van der Waals surface area contributed by atoms with E-state index in [0.717, 1.165) is 27.7 Å². The third-order valence-electron chi connectivity index (χ3n) is 5.30. The summed E-state index contributed by atoms with van der Waals surface area (Å²) >= 11 is 6.06. The number of ether oxygens (including phenoxy) is 1. The molecule has 8 nitrogen and oxygen atoms in total. The number of carbonyl (C=O) groups is 1. The van der Waals surface area contributed by atoms with Crippen molar-refractivity contribution < 1.29 is 9.53 Å². The summed E-state index contributed by atoms with van der Waals surface area (Å²) in [5.74, 6) is -0.647. The van der Waals surface area contributed by atoms with Crippen LogP contribution in [-0.2, 0) is 11.3 Å². The molecule has 1 aliphatic heterocycles. The molecule has 166 valence electrons. The van der Waals surface area contributed by atoms with Gasteiger partial charge in [-0.1, -0.05) is 41.4 Å². The Labute approximate surface area is 189 Å². The fourth-order valence-corrected chi connectivity index (χ4v) is 3.78. The Hall–Kier alpha value is -3.23.